The van der Waals surface area contributed by atoms with Gasteiger partial charge in [-0.25, -0.2) is 4.79 Å². The number of amides is 1. The minimum Gasteiger partial charge on any atom is -0.496 e. The van der Waals surface area contributed by atoms with E-state index in [1.165, 1.54) is 0 Å². The second-order valence-corrected chi connectivity index (χ2v) is 11.1. The zero-order valence-electron chi connectivity index (χ0n) is 24.6. The summed E-state index contributed by atoms with van der Waals surface area (Å²) >= 11 is 0. The van der Waals surface area contributed by atoms with Crippen molar-refractivity contribution in [3.8, 4) is 17.2 Å². The summed E-state index contributed by atoms with van der Waals surface area (Å²) in [5, 5.41) is 0.933. The van der Waals surface area contributed by atoms with E-state index in [1.807, 2.05) is 36.2 Å². The van der Waals surface area contributed by atoms with Crippen molar-refractivity contribution in [3.63, 3.8) is 0 Å². The number of rotatable bonds is 9. The topological polar surface area (TPSA) is 97.1 Å². The summed E-state index contributed by atoms with van der Waals surface area (Å²) in [6, 6.07) is 9.16. The molecule has 10 heteroatoms. The molecule has 3 aliphatic rings. The predicted molar refractivity (Wildman–Crippen MR) is 162 cm³/mol. The Balaban J connectivity index is 1.01. The van der Waals surface area contributed by atoms with Crippen LogP contribution >= 0.6 is 0 Å². The lowest BCUT2D eigenvalue weighted by molar-refractivity contribution is 0.0774. The molecular weight excluding hydrogens is 536 g/mol. The maximum absolute atomic E-state index is 13.1. The van der Waals surface area contributed by atoms with Gasteiger partial charge in [0.1, 0.15) is 11.3 Å². The van der Waals surface area contributed by atoms with E-state index >= 15 is 0 Å². The first-order valence-electron chi connectivity index (χ1n) is 14.8. The van der Waals surface area contributed by atoms with Crippen molar-refractivity contribution in [2.75, 3.05) is 65.0 Å². The summed E-state index contributed by atoms with van der Waals surface area (Å²) in [6.45, 7) is 7.71. The van der Waals surface area contributed by atoms with Crippen molar-refractivity contribution in [2.24, 2.45) is 4.99 Å². The van der Waals surface area contributed by atoms with Crippen LogP contribution < -0.4 is 24.7 Å². The highest BCUT2D eigenvalue weighted by molar-refractivity contribution is 6.03. The molecule has 6 rings (SSSR count). The van der Waals surface area contributed by atoms with Crippen LogP contribution in [0, 0.1) is 6.92 Å². The largest absolute Gasteiger partial charge is 0.496 e. The highest BCUT2D eigenvalue weighted by Crippen LogP contribution is 2.38. The Hall–Kier alpha value is -4.05. The van der Waals surface area contributed by atoms with Crippen LogP contribution in [0.5, 0.6) is 17.2 Å². The van der Waals surface area contributed by atoms with Crippen LogP contribution in [0.1, 0.15) is 41.6 Å². The number of carbonyl (C=O) groups is 1. The molecule has 3 aliphatic heterocycles. The molecule has 1 atom stereocenters. The third-order valence-corrected chi connectivity index (χ3v) is 8.61. The Bertz CT molecular complexity index is 1560. The van der Waals surface area contributed by atoms with Gasteiger partial charge in [-0.15, -0.1) is 0 Å². The number of methoxy groups -OCH3 is 2. The van der Waals surface area contributed by atoms with Gasteiger partial charge in [0.25, 0.3) is 5.91 Å². The minimum absolute atomic E-state index is 0.00853. The molecule has 222 valence electrons. The number of benzene rings is 2. The molecule has 3 aromatic rings. The molecule has 1 aromatic heterocycles. The van der Waals surface area contributed by atoms with Crippen LogP contribution in [0.2, 0.25) is 0 Å². The van der Waals surface area contributed by atoms with E-state index in [2.05, 4.69) is 14.8 Å². The quantitative estimate of drug-likeness (QED) is 0.274. The fourth-order valence-electron chi connectivity index (χ4n) is 6.26. The summed E-state index contributed by atoms with van der Waals surface area (Å²) < 4.78 is 22.6. The fourth-order valence-corrected chi connectivity index (χ4v) is 6.26. The third kappa shape index (κ3) is 5.43. The van der Waals surface area contributed by atoms with Crippen LogP contribution in [0.3, 0.4) is 0 Å². The number of aliphatic imine (C=N–C) groups is 1. The maximum atomic E-state index is 13.1. The van der Waals surface area contributed by atoms with Crippen molar-refractivity contribution in [2.45, 2.75) is 38.6 Å². The summed E-state index contributed by atoms with van der Waals surface area (Å²) in [5.41, 5.74) is 3.20. The van der Waals surface area contributed by atoms with Gasteiger partial charge in [-0.3, -0.25) is 14.7 Å². The van der Waals surface area contributed by atoms with Gasteiger partial charge in [-0.2, -0.15) is 0 Å². The van der Waals surface area contributed by atoms with E-state index in [0.29, 0.717) is 40.7 Å². The first-order chi connectivity index (χ1) is 20.5. The lowest BCUT2D eigenvalue weighted by Crippen LogP contribution is -2.46. The molecule has 2 aromatic carbocycles. The molecule has 0 aliphatic carbocycles. The average Bonchev–Trinajstić information content (AvgIpc) is 3.44. The second-order valence-electron chi connectivity index (χ2n) is 11.1. The second kappa shape index (κ2) is 12.1. The third-order valence-electron chi connectivity index (χ3n) is 8.61. The molecule has 0 spiro atoms. The van der Waals surface area contributed by atoms with Crippen LogP contribution in [0.25, 0.3) is 11.0 Å². The monoisotopic (exact) mass is 574 g/mol. The van der Waals surface area contributed by atoms with Crippen molar-refractivity contribution >= 4 is 34.5 Å². The van der Waals surface area contributed by atoms with Gasteiger partial charge in [0, 0.05) is 62.0 Å². The molecule has 2 fully saturated rings. The number of hydrogen-bond donors (Lipinski definition) is 0. The maximum Gasteiger partial charge on any atom is 0.338 e. The molecule has 10 nitrogen and oxygen atoms in total. The highest BCUT2D eigenvalue weighted by atomic mass is 16.5. The molecule has 0 unspecified atom stereocenters. The lowest BCUT2D eigenvalue weighted by Gasteiger charge is -2.36. The molecule has 4 heterocycles. The van der Waals surface area contributed by atoms with E-state index < -0.39 is 0 Å². The van der Waals surface area contributed by atoms with Gasteiger partial charge in [-0.05, 0) is 57.4 Å². The van der Waals surface area contributed by atoms with Crippen molar-refractivity contribution in [1.82, 2.24) is 9.80 Å². The predicted octanol–water partition coefficient (Wildman–Crippen LogP) is 4.42. The Morgan fingerprint density at radius 2 is 1.76 bits per heavy atom. The number of nitrogens with zero attached hydrogens (tertiary/aromatic N) is 4. The van der Waals surface area contributed by atoms with Crippen molar-refractivity contribution < 1.29 is 23.4 Å². The van der Waals surface area contributed by atoms with E-state index in [1.54, 1.807) is 26.4 Å². The number of aryl methyl sites for hydroxylation is 1. The number of piperazine rings is 1. The smallest absolute Gasteiger partial charge is 0.338 e. The molecule has 0 radical (unpaired) electrons. The number of ether oxygens (including phenoxy) is 3. The zero-order chi connectivity index (χ0) is 29.2. The van der Waals surface area contributed by atoms with Gasteiger partial charge in [0.2, 0.25) is 0 Å². The SMILES string of the molecule is COc1cc2c(cc1OCCCCN1CCN(c3cc(=O)oc4c(C)c(OC)ccc34)CC1)N=C[C@@H]1CCCN1C2=O. The molecule has 2 saturated heterocycles. The summed E-state index contributed by atoms with van der Waals surface area (Å²) in [7, 11) is 3.22. The first-order valence-corrected chi connectivity index (χ1v) is 14.8. The molecule has 42 heavy (non-hydrogen) atoms. The summed E-state index contributed by atoms with van der Waals surface area (Å²) in [6.07, 6.45) is 5.74. The Morgan fingerprint density at radius 3 is 2.55 bits per heavy atom. The van der Waals surface area contributed by atoms with E-state index in [-0.39, 0.29) is 17.6 Å². The minimum atomic E-state index is -0.346. The van der Waals surface area contributed by atoms with Gasteiger partial charge in [0.05, 0.1) is 43.8 Å². The van der Waals surface area contributed by atoms with Crippen molar-refractivity contribution in [3.05, 3.63) is 51.9 Å². The van der Waals surface area contributed by atoms with Crippen LogP contribution in [-0.2, 0) is 0 Å². The number of fused-ring (bicyclic) bond motifs is 3. The summed E-state index contributed by atoms with van der Waals surface area (Å²) in [5.74, 6) is 1.89. The molecular formula is C32H38N4O6. The summed E-state index contributed by atoms with van der Waals surface area (Å²) in [4.78, 5) is 36.7. The van der Waals surface area contributed by atoms with Crippen LogP contribution in [-0.4, -0.2) is 88.1 Å². The molecule has 0 saturated carbocycles. The lowest BCUT2D eigenvalue weighted by atomic mass is 10.1. The normalized spacial score (nSPS) is 18.6. The Labute approximate surface area is 245 Å². The number of anilines is 1. The Kier molecular flexibility index (Phi) is 8.06. The van der Waals surface area contributed by atoms with Gasteiger partial charge >= 0.3 is 5.63 Å². The molecule has 0 N–H and O–H groups in total. The van der Waals surface area contributed by atoms with Crippen molar-refractivity contribution in [1.29, 1.82) is 0 Å². The standard InChI is InChI=1S/C32H38N4O6/c1-21-27(39-2)9-8-23-26(19-30(37)42-31(21)23)35-14-12-34(13-15-35)10-4-5-16-41-29-18-25-24(17-28(29)40-3)32(38)36-11-6-7-22(36)20-33-25/h8-9,17-20,22H,4-7,10-16H2,1-3H3/t22-/m0/s1. The number of unbranched alkanes of at least 4 members (excludes halogenated alkanes) is 1. The van der Waals surface area contributed by atoms with E-state index in [4.69, 9.17) is 18.6 Å². The van der Waals surface area contributed by atoms with Gasteiger partial charge < -0.3 is 28.4 Å². The number of hydrogen-bond acceptors (Lipinski definition) is 9. The van der Waals surface area contributed by atoms with Crippen LogP contribution in [0.4, 0.5) is 11.4 Å². The fraction of sp³-hybridized carbons (Fsp3) is 0.469. The number of carbonyl (C=O) groups excluding carboxylic acids is 1. The van der Waals surface area contributed by atoms with Gasteiger partial charge in [-0.1, -0.05) is 0 Å². The molecule has 1 amide bonds. The van der Waals surface area contributed by atoms with E-state index in [9.17, 15) is 9.59 Å². The Morgan fingerprint density at radius 1 is 0.952 bits per heavy atom. The first kappa shape index (κ1) is 28.1. The van der Waals surface area contributed by atoms with E-state index in [0.717, 1.165) is 81.6 Å². The van der Waals surface area contributed by atoms with Crippen LogP contribution in [0.15, 0.2) is 44.5 Å². The highest BCUT2D eigenvalue weighted by Gasteiger charge is 2.32. The van der Waals surface area contributed by atoms with Gasteiger partial charge in [0.15, 0.2) is 11.5 Å². The molecule has 0 bridgehead atoms. The average molecular weight is 575 g/mol. The zero-order valence-corrected chi connectivity index (χ0v) is 24.6.